The van der Waals surface area contributed by atoms with Crippen LogP contribution in [0.5, 0.6) is 0 Å². The number of aryl methyl sites for hydroxylation is 1. The van der Waals surface area contributed by atoms with E-state index >= 15 is 0 Å². The van der Waals surface area contributed by atoms with E-state index < -0.39 is 0 Å². The SMILES string of the molecule is CC1CCCn2c1nc(-c1cn(C)nc1C(C)(C)C)c2N. The lowest BCUT2D eigenvalue weighted by molar-refractivity contribution is 0.467. The minimum atomic E-state index is -0.0290. The molecule has 1 aliphatic rings. The van der Waals surface area contributed by atoms with Gasteiger partial charge < -0.3 is 10.3 Å². The van der Waals surface area contributed by atoms with E-state index in [0.29, 0.717) is 5.92 Å². The molecule has 2 aromatic rings. The van der Waals surface area contributed by atoms with Crippen LogP contribution in [0.3, 0.4) is 0 Å². The summed E-state index contributed by atoms with van der Waals surface area (Å²) in [5.74, 6) is 2.39. The highest BCUT2D eigenvalue weighted by Crippen LogP contribution is 2.38. The maximum absolute atomic E-state index is 6.40. The molecule has 0 radical (unpaired) electrons. The van der Waals surface area contributed by atoms with Crippen LogP contribution in [0.2, 0.25) is 0 Å². The van der Waals surface area contributed by atoms with Gasteiger partial charge in [0.15, 0.2) is 0 Å². The summed E-state index contributed by atoms with van der Waals surface area (Å²) in [6.45, 7) is 9.73. The van der Waals surface area contributed by atoms with E-state index in [0.717, 1.165) is 35.1 Å². The molecular weight excluding hydrogens is 262 g/mol. The van der Waals surface area contributed by atoms with Crippen LogP contribution in [0, 0.1) is 0 Å². The lowest BCUT2D eigenvalue weighted by atomic mass is 9.89. The lowest BCUT2D eigenvalue weighted by Gasteiger charge is -2.20. The fraction of sp³-hybridized carbons (Fsp3) is 0.625. The predicted octanol–water partition coefficient (Wildman–Crippen LogP) is 3.06. The summed E-state index contributed by atoms with van der Waals surface area (Å²) in [4.78, 5) is 4.87. The van der Waals surface area contributed by atoms with Gasteiger partial charge in [0.05, 0.1) is 5.69 Å². The maximum Gasteiger partial charge on any atom is 0.131 e. The van der Waals surface area contributed by atoms with E-state index in [4.69, 9.17) is 10.7 Å². The van der Waals surface area contributed by atoms with Gasteiger partial charge in [0, 0.05) is 36.7 Å². The first-order valence-corrected chi connectivity index (χ1v) is 7.69. The van der Waals surface area contributed by atoms with Crippen molar-refractivity contribution >= 4 is 5.82 Å². The van der Waals surface area contributed by atoms with Gasteiger partial charge in [-0.2, -0.15) is 5.10 Å². The average Bonchev–Trinajstić information content (AvgIpc) is 2.92. The molecule has 5 heteroatoms. The number of imidazole rings is 1. The topological polar surface area (TPSA) is 61.7 Å². The maximum atomic E-state index is 6.40. The number of anilines is 1. The largest absolute Gasteiger partial charge is 0.383 e. The molecule has 0 aromatic carbocycles. The molecule has 3 rings (SSSR count). The second kappa shape index (κ2) is 4.61. The van der Waals surface area contributed by atoms with Crippen molar-refractivity contribution in [2.45, 2.75) is 58.4 Å². The van der Waals surface area contributed by atoms with Gasteiger partial charge >= 0.3 is 0 Å². The van der Waals surface area contributed by atoms with Gasteiger partial charge in [0.2, 0.25) is 0 Å². The molecule has 0 amide bonds. The Morgan fingerprint density at radius 1 is 1.33 bits per heavy atom. The molecule has 5 nitrogen and oxygen atoms in total. The number of rotatable bonds is 1. The third kappa shape index (κ3) is 2.24. The van der Waals surface area contributed by atoms with E-state index in [1.54, 1.807) is 0 Å². The zero-order chi connectivity index (χ0) is 15.4. The number of nitrogens with zero attached hydrogens (tertiary/aromatic N) is 4. The molecule has 0 saturated carbocycles. The summed E-state index contributed by atoms with van der Waals surface area (Å²) in [5.41, 5.74) is 9.40. The Balaban J connectivity index is 2.18. The molecule has 0 fully saturated rings. The number of aromatic nitrogens is 4. The monoisotopic (exact) mass is 287 g/mol. The molecule has 21 heavy (non-hydrogen) atoms. The Morgan fingerprint density at radius 3 is 2.67 bits per heavy atom. The van der Waals surface area contributed by atoms with Crippen molar-refractivity contribution in [1.29, 1.82) is 0 Å². The minimum Gasteiger partial charge on any atom is -0.383 e. The van der Waals surface area contributed by atoms with Crippen molar-refractivity contribution in [3.05, 3.63) is 17.7 Å². The van der Waals surface area contributed by atoms with Crippen LogP contribution >= 0.6 is 0 Å². The summed E-state index contributed by atoms with van der Waals surface area (Å²) < 4.78 is 4.04. The van der Waals surface area contributed by atoms with Gasteiger partial charge in [-0.25, -0.2) is 4.98 Å². The third-order valence-corrected chi connectivity index (χ3v) is 4.29. The minimum absolute atomic E-state index is 0.0290. The molecule has 3 heterocycles. The molecule has 1 unspecified atom stereocenters. The quantitative estimate of drug-likeness (QED) is 0.877. The Kier molecular flexibility index (Phi) is 3.11. The lowest BCUT2D eigenvalue weighted by Crippen LogP contribution is -2.15. The van der Waals surface area contributed by atoms with E-state index in [-0.39, 0.29) is 5.41 Å². The standard InChI is InChI=1S/C16H25N5/c1-10-7-6-8-21-14(17)12(18-15(10)21)11-9-20(5)19-13(11)16(2,3)4/h9-10H,6-8,17H2,1-5H3. The second-order valence-corrected chi connectivity index (χ2v) is 7.21. The Hall–Kier alpha value is -1.78. The fourth-order valence-corrected chi connectivity index (χ4v) is 3.19. The zero-order valence-corrected chi connectivity index (χ0v) is 13.6. The number of nitrogen functional groups attached to an aromatic ring is 1. The summed E-state index contributed by atoms with van der Waals surface area (Å²) in [7, 11) is 1.95. The van der Waals surface area contributed by atoms with Crippen molar-refractivity contribution in [2.75, 3.05) is 5.73 Å². The van der Waals surface area contributed by atoms with Crippen molar-refractivity contribution in [1.82, 2.24) is 19.3 Å². The second-order valence-electron chi connectivity index (χ2n) is 7.21. The molecule has 0 saturated heterocycles. The van der Waals surface area contributed by atoms with Gasteiger partial charge in [-0.15, -0.1) is 0 Å². The van der Waals surface area contributed by atoms with Crippen LogP contribution in [0.25, 0.3) is 11.3 Å². The third-order valence-electron chi connectivity index (χ3n) is 4.29. The van der Waals surface area contributed by atoms with Gasteiger partial charge in [-0.05, 0) is 12.8 Å². The Bertz CT molecular complexity index is 672. The smallest absolute Gasteiger partial charge is 0.131 e. The van der Waals surface area contributed by atoms with Gasteiger partial charge in [0.1, 0.15) is 17.3 Å². The van der Waals surface area contributed by atoms with Crippen LogP contribution in [0.4, 0.5) is 5.82 Å². The van der Waals surface area contributed by atoms with Gasteiger partial charge in [0.25, 0.3) is 0 Å². The first kappa shape index (κ1) is 14.2. The molecule has 0 aliphatic carbocycles. The summed E-state index contributed by atoms with van der Waals surface area (Å²) in [5, 5.41) is 4.64. The van der Waals surface area contributed by atoms with E-state index in [1.165, 1.54) is 12.8 Å². The Labute approximate surface area is 126 Å². The van der Waals surface area contributed by atoms with Crippen LogP contribution in [-0.2, 0) is 19.0 Å². The summed E-state index contributed by atoms with van der Waals surface area (Å²) in [6.07, 6.45) is 4.40. The highest BCUT2D eigenvalue weighted by atomic mass is 15.3. The first-order chi connectivity index (χ1) is 9.79. The van der Waals surface area contributed by atoms with E-state index in [9.17, 15) is 0 Å². The number of nitrogens with two attached hydrogens (primary N) is 1. The van der Waals surface area contributed by atoms with Crippen molar-refractivity contribution < 1.29 is 0 Å². The molecule has 0 bridgehead atoms. The molecule has 2 N–H and O–H groups in total. The van der Waals surface area contributed by atoms with Crippen molar-refractivity contribution in [3.63, 3.8) is 0 Å². The highest BCUT2D eigenvalue weighted by molar-refractivity contribution is 5.73. The van der Waals surface area contributed by atoms with Gasteiger partial charge in [-0.3, -0.25) is 4.68 Å². The molecular formula is C16H25N5. The van der Waals surface area contributed by atoms with Gasteiger partial charge in [-0.1, -0.05) is 27.7 Å². The molecule has 2 aromatic heterocycles. The highest BCUT2D eigenvalue weighted by Gasteiger charge is 2.29. The van der Waals surface area contributed by atoms with E-state index in [2.05, 4.69) is 37.4 Å². The molecule has 1 atom stereocenters. The number of hydrogen-bond donors (Lipinski definition) is 1. The van der Waals surface area contributed by atoms with Crippen molar-refractivity contribution in [3.8, 4) is 11.3 Å². The summed E-state index contributed by atoms with van der Waals surface area (Å²) >= 11 is 0. The molecule has 114 valence electrons. The normalized spacial score (nSPS) is 18.8. The number of fused-ring (bicyclic) bond motifs is 1. The van der Waals surface area contributed by atoms with Crippen LogP contribution in [0.1, 0.15) is 58.0 Å². The van der Waals surface area contributed by atoms with Crippen LogP contribution < -0.4 is 5.73 Å². The molecule has 0 spiro atoms. The number of hydrogen-bond acceptors (Lipinski definition) is 3. The average molecular weight is 287 g/mol. The van der Waals surface area contributed by atoms with Crippen LogP contribution in [0.15, 0.2) is 6.20 Å². The fourth-order valence-electron chi connectivity index (χ4n) is 3.19. The van der Waals surface area contributed by atoms with E-state index in [1.807, 2.05) is 17.9 Å². The predicted molar refractivity (Wildman–Crippen MR) is 85.2 cm³/mol. The molecule has 1 aliphatic heterocycles. The van der Waals surface area contributed by atoms with Crippen molar-refractivity contribution in [2.24, 2.45) is 7.05 Å². The van der Waals surface area contributed by atoms with Crippen LogP contribution in [-0.4, -0.2) is 19.3 Å². The first-order valence-electron chi connectivity index (χ1n) is 7.69. The summed E-state index contributed by atoms with van der Waals surface area (Å²) in [6, 6.07) is 0. The Morgan fingerprint density at radius 2 is 2.05 bits per heavy atom. The zero-order valence-electron chi connectivity index (χ0n) is 13.6.